The summed E-state index contributed by atoms with van der Waals surface area (Å²) >= 11 is 0. The molecule has 1 amide bonds. The molecule has 0 spiro atoms. The first-order valence-electron chi connectivity index (χ1n) is 10.8. The third-order valence-electron chi connectivity index (χ3n) is 6.24. The zero-order valence-corrected chi connectivity index (χ0v) is 18.6. The third kappa shape index (κ3) is 3.94. The van der Waals surface area contributed by atoms with Gasteiger partial charge in [-0.25, -0.2) is 0 Å². The fourth-order valence-electron chi connectivity index (χ4n) is 4.28. The van der Waals surface area contributed by atoms with Gasteiger partial charge in [0, 0.05) is 33.4 Å². The summed E-state index contributed by atoms with van der Waals surface area (Å²) in [6.45, 7) is 6.25. The van der Waals surface area contributed by atoms with E-state index < -0.39 is 11.5 Å². The van der Waals surface area contributed by atoms with E-state index in [1.54, 1.807) is 6.07 Å². The van der Waals surface area contributed by atoms with Crippen molar-refractivity contribution in [2.75, 3.05) is 11.9 Å². The number of amides is 1. The van der Waals surface area contributed by atoms with Crippen LogP contribution in [0.25, 0.3) is 10.9 Å². The summed E-state index contributed by atoms with van der Waals surface area (Å²) in [5.74, 6) is -0.585. The van der Waals surface area contributed by atoms with Crippen LogP contribution in [0.1, 0.15) is 50.6 Å². The van der Waals surface area contributed by atoms with Gasteiger partial charge >= 0.3 is 0 Å². The van der Waals surface area contributed by atoms with Gasteiger partial charge in [0.25, 0.3) is 0 Å². The molecule has 3 aromatic rings. The van der Waals surface area contributed by atoms with Crippen molar-refractivity contribution in [1.82, 2.24) is 4.57 Å². The number of aliphatic hydroxyl groups is 2. The second kappa shape index (κ2) is 7.83. The minimum absolute atomic E-state index is 0. The van der Waals surface area contributed by atoms with Crippen LogP contribution < -0.4 is 5.32 Å². The number of nitrogens with one attached hydrogen (secondary N) is 1. The van der Waals surface area contributed by atoms with E-state index >= 15 is 0 Å². The predicted molar refractivity (Wildman–Crippen MR) is 131 cm³/mol. The maximum absolute atomic E-state index is 13.1. The summed E-state index contributed by atoms with van der Waals surface area (Å²) in [6, 6.07) is 12.2. The number of phenols is 2. The van der Waals surface area contributed by atoms with Crippen LogP contribution in [0.5, 0.6) is 11.5 Å². The van der Waals surface area contributed by atoms with E-state index in [0.29, 0.717) is 24.1 Å². The Morgan fingerprint density at radius 1 is 1.12 bits per heavy atom. The molecular formula is C25H38N2O5. The highest BCUT2D eigenvalue weighted by molar-refractivity contribution is 6.02. The normalized spacial score (nSPS) is 16.2. The highest BCUT2D eigenvalue weighted by Gasteiger charge is 2.51. The number of carbonyl (C=O) groups is 1. The van der Waals surface area contributed by atoms with Gasteiger partial charge in [-0.3, -0.25) is 4.79 Å². The van der Waals surface area contributed by atoms with Crippen LogP contribution in [0.15, 0.2) is 42.5 Å². The van der Waals surface area contributed by atoms with Gasteiger partial charge < -0.3 is 30.3 Å². The van der Waals surface area contributed by atoms with E-state index in [0.717, 1.165) is 16.6 Å². The molecule has 178 valence electrons. The number of aromatic hydroxyl groups is 2. The van der Waals surface area contributed by atoms with Crippen LogP contribution in [0.3, 0.4) is 0 Å². The fraction of sp³-hybridized carbons (Fsp3) is 0.400. The smallest absolute Gasteiger partial charge is 0.235 e. The predicted octanol–water partition coefficient (Wildman–Crippen LogP) is 4.36. The first-order chi connectivity index (χ1) is 15.0. The molecule has 1 aliphatic carbocycles. The molecule has 32 heavy (non-hydrogen) atoms. The number of anilines is 1. The Hall–Kier alpha value is -3.03. The summed E-state index contributed by atoms with van der Waals surface area (Å²) in [7, 11) is 0. The first kappa shape index (κ1) is 22.2. The van der Waals surface area contributed by atoms with E-state index in [4.69, 9.17) is 0 Å². The average molecular weight is 447 g/mol. The van der Waals surface area contributed by atoms with Gasteiger partial charge in [-0.1, -0.05) is 26.8 Å². The van der Waals surface area contributed by atoms with Gasteiger partial charge in [0.2, 0.25) is 5.91 Å². The maximum Gasteiger partial charge on any atom is 0.235 e. The highest BCUT2D eigenvalue weighted by Crippen LogP contribution is 2.50. The molecule has 0 saturated heterocycles. The zero-order valence-electron chi connectivity index (χ0n) is 18.6. The van der Waals surface area contributed by atoms with Crippen LogP contribution in [0.4, 0.5) is 5.69 Å². The highest BCUT2D eigenvalue weighted by atomic mass is 16.3. The topological polar surface area (TPSA) is 115 Å². The number of hydrogen-bond donors (Lipinski definition) is 5. The fourth-order valence-corrected chi connectivity index (χ4v) is 4.28. The number of benzene rings is 2. The molecule has 1 fully saturated rings. The Morgan fingerprint density at radius 2 is 1.84 bits per heavy atom. The van der Waals surface area contributed by atoms with Crippen molar-refractivity contribution in [3.05, 3.63) is 53.7 Å². The molecule has 0 aliphatic heterocycles. The maximum atomic E-state index is 13.1. The van der Waals surface area contributed by atoms with Crippen molar-refractivity contribution < 1.29 is 30.9 Å². The van der Waals surface area contributed by atoms with Gasteiger partial charge in [0.05, 0.1) is 24.7 Å². The summed E-state index contributed by atoms with van der Waals surface area (Å²) in [4.78, 5) is 13.1. The number of fused-ring (bicyclic) bond motifs is 1. The summed E-state index contributed by atoms with van der Waals surface area (Å²) in [6.07, 6.45) is 0.492. The molecule has 1 aliphatic rings. The molecule has 5 N–H and O–H groups in total. The SMILES string of the molecule is CC(C)(C)c1cc2cc(NC(=O)C3(c4ccc(O)c(O)c4)CC3)ccc2n1C[C@@H](O)CO.[HH].[HH].[HH].[HH]. The minimum Gasteiger partial charge on any atom is -0.504 e. The van der Waals surface area contributed by atoms with Crippen LogP contribution >= 0.6 is 0 Å². The number of carbonyl (C=O) groups excluding carboxylic acids is 1. The Bertz CT molecular complexity index is 1190. The molecule has 1 atom stereocenters. The summed E-state index contributed by atoms with van der Waals surface area (Å²) in [5.41, 5.74) is 2.43. The summed E-state index contributed by atoms with van der Waals surface area (Å²) in [5, 5.41) is 42.7. The Balaban J connectivity index is 0.00000306. The van der Waals surface area contributed by atoms with Gasteiger partial charge in [-0.05, 0) is 54.8 Å². The summed E-state index contributed by atoms with van der Waals surface area (Å²) < 4.78 is 2.02. The molecular weight excluding hydrogens is 408 g/mol. The number of hydrogen-bond acceptors (Lipinski definition) is 5. The van der Waals surface area contributed by atoms with Crippen LogP contribution in [-0.2, 0) is 22.2 Å². The Morgan fingerprint density at radius 3 is 2.44 bits per heavy atom. The van der Waals surface area contributed by atoms with Crippen LogP contribution in [0.2, 0.25) is 0 Å². The van der Waals surface area contributed by atoms with Crippen LogP contribution in [-0.4, -0.2) is 43.6 Å². The van der Waals surface area contributed by atoms with Crippen molar-refractivity contribution in [2.45, 2.75) is 57.1 Å². The molecule has 1 heterocycles. The molecule has 4 rings (SSSR count). The van der Waals surface area contributed by atoms with Crippen molar-refractivity contribution in [1.29, 1.82) is 0 Å². The van der Waals surface area contributed by atoms with Gasteiger partial charge in [-0.2, -0.15) is 0 Å². The van der Waals surface area contributed by atoms with E-state index in [2.05, 4.69) is 32.2 Å². The first-order valence-corrected chi connectivity index (χ1v) is 10.8. The number of rotatable bonds is 6. The van der Waals surface area contributed by atoms with Crippen molar-refractivity contribution in [3.63, 3.8) is 0 Å². The van der Waals surface area contributed by atoms with E-state index in [9.17, 15) is 25.2 Å². The van der Waals surface area contributed by atoms with Crippen molar-refractivity contribution >= 4 is 22.5 Å². The van der Waals surface area contributed by atoms with Gasteiger partial charge in [0.1, 0.15) is 0 Å². The number of phenolic OH excluding ortho intramolecular Hbond substituents is 2. The lowest BCUT2D eigenvalue weighted by Crippen LogP contribution is -2.27. The Labute approximate surface area is 192 Å². The quantitative estimate of drug-likeness (QED) is 0.361. The van der Waals surface area contributed by atoms with Gasteiger partial charge in [0.15, 0.2) is 11.5 Å². The molecule has 2 aromatic carbocycles. The lowest BCUT2D eigenvalue weighted by Gasteiger charge is -2.23. The lowest BCUT2D eigenvalue weighted by molar-refractivity contribution is -0.118. The van der Waals surface area contributed by atoms with E-state index in [1.165, 1.54) is 12.1 Å². The Kier molecular flexibility index (Phi) is 5.43. The van der Waals surface area contributed by atoms with Gasteiger partial charge in [-0.15, -0.1) is 0 Å². The van der Waals surface area contributed by atoms with E-state index in [-0.39, 0.29) is 41.7 Å². The zero-order chi connectivity index (χ0) is 23.3. The third-order valence-corrected chi connectivity index (χ3v) is 6.24. The molecule has 1 saturated carbocycles. The largest absolute Gasteiger partial charge is 0.504 e. The minimum atomic E-state index is -0.859. The standard InChI is InChI=1S/C25H30N2O5.4H2/c1-24(2,3)22-11-15-10-17(5-6-19(15)27(22)13-18(29)14-28)26-23(32)25(8-9-25)16-4-7-20(30)21(31)12-16;;;;/h4-7,10-12,18,28-31H,8-9,13-14H2,1-3H3,(H,26,32);4*1H/t18-;;;;/m1..../s1. The molecule has 0 unspecified atom stereocenters. The second-order valence-electron chi connectivity index (χ2n) is 9.74. The van der Waals surface area contributed by atoms with Crippen molar-refractivity contribution in [2.24, 2.45) is 0 Å². The lowest BCUT2D eigenvalue weighted by atomic mass is 9.92. The molecule has 0 radical (unpaired) electrons. The van der Waals surface area contributed by atoms with Crippen LogP contribution in [0, 0.1) is 0 Å². The molecule has 0 bridgehead atoms. The molecule has 7 heteroatoms. The monoisotopic (exact) mass is 446 g/mol. The van der Waals surface area contributed by atoms with Crippen molar-refractivity contribution in [3.8, 4) is 11.5 Å². The number of aromatic nitrogens is 1. The van der Waals surface area contributed by atoms with E-state index in [1.807, 2.05) is 22.8 Å². The molecule has 1 aromatic heterocycles. The second-order valence-corrected chi connectivity index (χ2v) is 9.74. The number of aliphatic hydroxyl groups excluding tert-OH is 2. The molecule has 7 nitrogen and oxygen atoms in total. The number of nitrogens with zero attached hydrogens (tertiary/aromatic N) is 1. The average Bonchev–Trinajstić information content (AvgIpc) is 3.47.